The first-order valence-electron chi connectivity index (χ1n) is 10.8. The van der Waals surface area contributed by atoms with E-state index in [1.165, 1.54) is 17.0 Å². The number of hydrogen-bond donors (Lipinski definition) is 1. The Balaban J connectivity index is 1.18. The number of fused-ring (bicyclic) bond motifs is 1. The minimum absolute atomic E-state index is 0.00711. The molecule has 1 N–H and O–H groups in total. The fraction of sp³-hybridized carbons (Fsp3) is 0.292. The maximum atomic E-state index is 14.6. The molecule has 1 aromatic heterocycles. The van der Waals surface area contributed by atoms with Gasteiger partial charge in [0.15, 0.2) is 18.2 Å². The topological polar surface area (TPSA) is 85.7 Å². The van der Waals surface area contributed by atoms with E-state index in [1.807, 2.05) is 20.2 Å². The van der Waals surface area contributed by atoms with Gasteiger partial charge in [0.05, 0.1) is 23.6 Å². The lowest BCUT2D eigenvalue weighted by Crippen LogP contribution is -2.52. The number of anilines is 1. The maximum Gasteiger partial charge on any atom is 0.262 e. The van der Waals surface area contributed by atoms with Gasteiger partial charge in [-0.05, 0) is 30.7 Å². The SMILES string of the molecule is Cc1nn(C)cc1-c1ccc(OCC2CN(C(=O)c3cc4c(cc3F)OCC(=O)N4)C2)c(F)c1. The van der Waals surface area contributed by atoms with Gasteiger partial charge in [0.1, 0.15) is 11.6 Å². The summed E-state index contributed by atoms with van der Waals surface area (Å²) in [5.41, 5.74) is 2.49. The van der Waals surface area contributed by atoms with Crippen molar-refractivity contribution in [1.82, 2.24) is 14.7 Å². The number of likely N-dealkylation sites (tertiary alicyclic amines) is 1. The Hall–Kier alpha value is -3.95. The summed E-state index contributed by atoms with van der Waals surface area (Å²) in [7, 11) is 1.81. The summed E-state index contributed by atoms with van der Waals surface area (Å²) in [5.74, 6) is -1.73. The number of nitrogens with zero attached hydrogens (tertiary/aromatic N) is 3. The molecule has 0 bridgehead atoms. The predicted octanol–water partition coefficient (Wildman–Crippen LogP) is 3.16. The van der Waals surface area contributed by atoms with Crippen molar-refractivity contribution >= 4 is 17.5 Å². The Morgan fingerprint density at radius 2 is 2.03 bits per heavy atom. The largest absolute Gasteiger partial charge is 0.490 e. The molecule has 0 spiro atoms. The average Bonchev–Trinajstić information content (AvgIpc) is 3.11. The van der Waals surface area contributed by atoms with Crippen molar-refractivity contribution in [3.05, 3.63) is 59.4 Å². The number of benzene rings is 2. The summed E-state index contributed by atoms with van der Waals surface area (Å²) < 4.78 is 41.5. The number of carbonyl (C=O) groups excluding carboxylic acids is 2. The van der Waals surface area contributed by atoms with E-state index in [-0.39, 0.29) is 47.8 Å². The van der Waals surface area contributed by atoms with Crippen molar-refractivity contribution in [2.24, 2.45) is 13.0 Å². The summed E-state index contributed by atoms with van der Waals surface area (Å²) in [5, 5.41) is 6.84. The fourth-order valence-electron chi connectivity index (χ4n) is 4.15. The van der Waals surface area contributed by atoms with E-state index >= 15 is 0 Å². The van der Waals surface area contributed by atoms with Crippen LogP contribution in [0.15, 0.2) is 36.5 Å². The summed E-state index contributed by atoms with van der Waals surface area (Å²) in [6, 6.07) is 7.16. The summed E-state index contributed by atoms with van der Waals surface area (Å²) >= 11 is 0. The van der Waals surface area contributed by atoms with E-state index in [2.05, 4.69) is 10.4 Å². The molecule has 2 aromatic carbocycles. The smallest absolute Gasteiger partial charge is 0.262 e. The third-order valence-electron chi connectivity index (χ3n) is 5.91. The minimum Gasteiger partial charge on any atom is -0.490 e. The molecule has 2 amide bonds. The van der Waals surface area contributed by atoms with Gasteiger partial charge in [0, 0.05) is 43.9 Å². The van der Waals surface area contributed by atoms with Gasteiger partial charge in [-0.15, -0.1) is 0 Å². The molecule has 3 aromatic rings. The third-order valence-corrected chi connectivity index (χ3v) is 5.91. The molecule has 10 heteroatoms. The molecule has 0 aliphatic carbocycles. The second-order valence-electron chi connectivity index (χ2n) is 8.50. The lowest BCUT2D eigenvalue weighted by Gasteiger charge is -2.39. The minimum atomic E-state index is -0.717. The van der Waals surface area contributed by atoms with Crippen LogP contribution in [0.1, 0.15) is 16.1 Å². The Labute approximate surface area is 194 Å². The lowest BCUT2D eigenvalue weighted by molar-refractivity contribution is -0.118. The van der Waals surface area contributed by atoms with Crippen molar-refractivity contribution in [3.63, 3.8) is 0 Å². The first kappa shape index (κ1) is 21.9. The normalized spacial score (nSPS) is 15.3. The molecule has 34 heavy (non-hydrogen) atoms. The number of hydrogen-bond acceptors (Lipinski definition) is 5. The molecule has 1 fully saturated rings. The fourth-order valence-corrected chi connectivity index (χ4v) is 4.15. The zero-order valence-electron chi connectivity index (χ0n) is 18.6. The van der Waals surface area contributed by atoms with Crippen molar-refractivity contribution in [2.75, 3.05) is 31.6 Å². The molecular weight excluding hydrogens is 446 g/mol. The van der Waals surface area contributed by atoms with Crippen LogP contribution < -0.4 is 14.8 Å². The molecule has 176 valence electrons. The molecule has 0 saturated carbocycles. The highest BCUT2D eigenvalue weighted by atomic mass is 19.1. The zero-order valence-corrected chi connectivity index (χ0v) is 18.6. The Morgan fingerprint density at radius 3 is 2.74 bits per heavy atom. The van der Waals surface area contributed by atoms with Gasteiger partial charge < -0.3 is 19.7 Å². The third kappa shape index (κ3) is 4.07. The summed E-state index contributed by atoms with van der Waals surface area (Å²) in [6.45, 7) is 2.60. The van der Waals surface area contributed by atoms with Crippen molar-refractivity contribution < 1.29 is 27.8 Å². The molecule has 0 unspecified atom stereocenters. The van der Waals surface area contributed by atoms with E-state index in [0.29, 0.717) is 18.7 Å². The Kier molecular flexibility index (Phi) is 5.43. The number of halogens is 2. The monoisotopic (exact) mass is 468 g/mol. The van der Waals surface area contributed by atoms with Crippen LogP contribution in [0.25, 0.3) is 11.1 Å². The van der Waals surface area contributed by atoms with E-state index < -0.39 is 17.5 Å². The number of aryl methyl sites for hydroxylation is 2. The maximum absolute atomic E-state index is 14.6. The molecule has 2 aliphatic rings. The van der Waals surface area contributed by atoms with Gasteiger partial charge in [0.25, 0.3) is 11.8 Å². The van der Waals surface area contributed by atoms with E-state index in [1.54, 1.807) is 16.8 Å². The van der Waals surface area contributed by atoms with Crippen molar-refractivity contribution in [2.45, 2.75) is 6.92 Å². The van der Waals surface area contributed by atoms with Crippen molar-refractivity contribution in [3.8, 4) is 22.6 Å². The first-order valence-corrected chi connectivity index (χ1v) is 10.8. The highest BCUT2D eigenvalue weighted by Crippen LogP contribution is 2.32. The molecular formula is C24H22F2N4O4. The van der Waals surface area contributed by atoms with E-state index in [0.717, 1.165) is 17.3 Å². The summed E-state index contributed by atoms with van der Waals surface area (Å²) in [4.78, 5) is 25.7. The van der Waals surface area contributed by atoms with Crippen LogP contribution in [0.3, 0.4) is 0 Å². The standard InChI is InChI=1S/C24H22F2N4O4/c1-13-17(10-29(2)28-13)15-3-4-21(19(26)5-15)33-11-14-8-30(9-14)24(32)16-6-20-22(7-18(16)25)34-12-23(31)27-20/h3-7,10,14H,8-9,11-12H2,1-2H3,(H,27,31). The number of carbonyl (C=O) groups is 2. The van der Waals surface area contributed by atoms with Gasteiger partial charge >= 0.3 is 0 Å². The van der Waals surface area contributed by atoms with Crippen LogP contribution in [-0.2, 0) is 11.8 Å². The molecule has 1 saturated heterocycles. The second kappa shape index (κ2) is 8.44. The molecule has 5 rings (SSSR count). The van der Waals surface area contributed by atoms with Gasteiger partial charge in [-0.3, -0.25) is 14.3 Å². The molecule has 0 atom stereocenters. The van der Waals surface area contributed by atoms with Crippen LogP contribution in [-0.4, -0.2) is 52.8 Å². The van der Waals surface area contributed by atoms with E-state index in [9.17, 15) is 18.4 Å². The van der Waals surface area contributed by atoms with Crippen molar-refractivity contribution in [1.29, 1.82) is 0 Å². The van der Waals surface area contributed by atoms with Gasteiger partial charge in [-0.25, -0.2) is 8.78 Å². The number of ether oxygens (including phenoxy) is 2. The predicted molar refractivity (Wildman–Crippen MR) is 119 cm³/mol. The Bertz CT molecular complexity index is 1300. The zero-order chi connectivity index (χ0) is 24.0. The average molecular weight is 468 g/mol. The number of nitrogens with one attached hydrogen (secondary N) is 1. The van der Waals surface area contributed by atoms with E-state index in [4.69, 9.17) is 9.47 Å². The molecule has 2 aliphatic heterocycles. The second-order valence-corrected chi connectivity index (χ2v) is 8.50. The van der Waals surface area contributed by atoms with Crippen LogP contribution in [0.4, 0.5) is 14.5 Å². The van der Waals surface area contributed by atoms with Crippen LogP contribution in [0.2, 0.25) is 0 Å². The summed E-state index contributed by atoms with van der Waals surface area (Å²) in [6.07, 6.45) is 1.83. The Morgan fingerprint density at radius 1 is 1.24 bits per heavy atom. The highest BCUT2D eigenvalue weighted by Gasteiger charge is 2.34. The number of rotatable bonds is 5. The van der Waals surface area contributed by atoms with Crippen LogP contribution in [0, 0.1) is 24.5 Å². The first-order chi connectivity index (χ1) is 16.3. The van der Waals surface area contributed by atoms with Crippen LogP contribution >= 0.6 is 0 Å². The van der Waals surface area contributed by atoms with Crippen LogP contribution in [0.5, 0.6) is 11.5 Å². The lowest BCUT2D eigenvalue weighted by atomic mass is 9.99. The molecule has 8 nitrogen and oxygen atoms in total. The van der Waals surface area contributed by atoms with Gasteiger partial charge in [-0.1, -0.05) is 6.07 Å². The van der Waals surface area contributed by atoms with Gasteiger partial charge in [0.2, 0.25) is 0 Å². The number of amides is 2. The molecule has 3 heterocycles. The number of aromatic nitrogens is 2. The molecule has 0 radical (unpaired) electrons. The van der Waals surface area contributed by atoms with Gasteiger partial charge in [-0.2, -0.15) is 5.10 Å². The quantitative estimate of drug-likeness (QED) is 0.622. The highest BCUT2D eigenvalue weighted by molar-refractivity contribution is 6.00.